The fourth-order valence-electron chi connectivity index (χ4n) is 3.91. The van der Waals surface area contributed by atoms with Crippen LogP contribution in [0, 0.1) is 6.92 Å². The number of hydrogen-bond acceptors (Lipinski definition) is 5. The number of amides is 1. The summed E-state index contributed by atoms with van der Waals surface area (Å²) in [5, 5.41) is 20.4. The number of rotatable bonds is 5. The number of amidine groups is 1. The number of phenols is 2. The highest BCUT2D eigenvalue weighted by atomic mass is 16.5. The summed E-state index contributed by atoms with van der Waals surface area (Å²) in [6.07, 6.45) is 1.73. The molecular weight excluding hydrogens is 416 g/mol. The maximum atomic E-state index is 13.1. The molecule has 1 aliphatic heterocycles. The van der Waals surface area contributed by atoms with Gasteiger partial charge in [-0.15, -0.1) is 0 Å². The van der Waals surface area contributed by atoms with Gasteiger partial charge >= 0.3 is 0 Å². The minimum absolute atomic E-state index is 0.0198. The lowest BCUT2D eigenvalue weighted by atomic mass is 9.98. The molecular formula is C27H26N2O4. The van der Waals surface area contributed by atoms with Crippen LogP contribution in [0.2, 0.25) is 0 Å². The molecule has 1 amide bonds. The average molecular weight is 443 g/mol. The number of anilines is 1. The number of aryl methyl sites for hydroxylation is 1. The number of phenolic OH excluding ortho intramolecular Hbond substituents is 2. The number of nitrogens with zero attached hydrogens (tertiary/aromatic N) is 2. The van der Waals surface area contributed by atoms with Crippen molar-refractivity contribution in [2.45, 2.75) is 26.7 Å². The molecule has 1 aliphatic rings. The molecule has 1 heterocycles. The Morgan fingerprint density at radius 1 is 1.00 bits per heavy atom. The molecule has 3 aromatic rings. The van der Waals surface area contributed by atoms with Crippen molar-refractivity contribution >= 4 is 23.5 Å². The lowest BCUT2D eigenvalue weighted by Crippen LogP contribution is -2.28. The van der Waals surface area contributed by atoms with E-state index in [4.69, 9.17) is 4.74 Å². The number of carbonyl (C=O) groups excluding carboxylic acids is 1. The van der Waals surface area contributed by atoms with E-state index < -0.39 is 0 Å². The van der Waals surface area contributed by atoms with Crippen molar-refractivity contribution in [1.29, 1.82) is 0 Å². The van der Waals surface area contributed by atoms with E-state index >= 15 is 0 Å². The SMILES string of the molecule is COc1cc(/C=C2\C(=O)N=C(c3ccccc3)N2c2cc(C(C)C)c(O)cc2C)ccc1O. The predicted octanol–water partition coefficient (Wildman–Crippen LogP) is 5.37. The van der Waals surface area contributed by atoms with Crippen LogP contribution in [-0.4, -0.2) is 29.1 Å². The van der Waals surface area contributed by atoms with Gasteiger partial charge in [-0.3, -0.25) is 9.69 Å². The summed E-state index contributed by atoms with van der Waals surface area (Å²) < 4.78 is 5.22. The second-order valence-corrected chi connectivity index (χ2v) is 8.26. The van der Waals surface area contributed by atoms with Gasteiger partial charge in [0, 0.05) is 5.56 Å². The van der Waals surface area contributed by atoms with E-state index in [9.17, 15) is 15.0 Å². The van der Waals surface area contributed by atoms with E-state index in [0.29, 0.717) is 22.8 Å². The van der Waals surface area contributed by atoms with E-state index in [1.54, 1.807) is 24.3 Å². The summed E-state index contributed by atoms with van der Waals surface area (Å²) in [4.78, 5) is 19.4. The average Bonchev–Trinajstić information content (AvgIpc) is 3.11. The smallest absolute Gasteiger partial charge is 0.296 e. The molecule has 0 aliphatic carbocycles. The first kappa shape index (κ1) is 22.1. The topological polar surface area (TPSA) is 82.4 Å². The first-order valence-corrected chi connectivity index (χ1v) is 10.7. The van der Waals surface area contributed by atoms with Crippen LogP contribution in [0.5, 0.6) is 17.2 Å². The zero-order valence-corrected chi connectivity index (χ0v) is 19.0. The van der Waals surface area contributed by atoms with Gasteiger partial charge in [0.1, 0.15) is 17.3 Å². The number of hydrogen-bond donors (Lipinski definition) is 2. The van der Waals surface area contributed by atoms with Gasteiger partial charge in [-0.2, -0.15) is 4.99 Å². The summed E-state index contributed by atoms with van der Waals surface area (Å²) in [6.45, 7) is 5.91. The van der Waals surface area contributed by atoms with Crippen molar-refractivity contribution < 1.29 is 19.7 Å². The summed E-state index contributed by atoms with van der Waals surface area (Å²) in [5.41, 5.74) is 4.21. The van der Waals surface area contributed by atoms with Gasteiger partial charge in [-0.05, 0) is 59.9 Å². The van der Waals surface area contributed by atoms with E-state index in [2.05, 4.69) is 4.99 Å². The fourth-order valence-corrected chi connectivity index (χ4v) is 3.91. The number of aromatic hydroxyl groups is 2. The van der Waals surface area contributed by atoms with Crippen molar-refractivity contribution in [1.82, 2.24) is 0 Å². The van der Waals surface area contributed by atoms with Crippen molar-refractivity contribution in [2.24, 2.45) is 4.99 Å². The Morgan fingerprint density at radius 3 is 2.39 bits per heavy atom. The molecule has 0 spiro atoms. The molecule has 0 aromatic heterocycles. The van der Waals surface area contributed by atoms with Crippen molar-refractivity contribution in [3.8, 4) is 17.2 Å². The van der Waals surface area contributed by atoms with E-state index in [1.165, 1.54) is 13.2 Å². The monoisotopic (exact) mass is 442 g/mol. The van der Waals surface area contributed by atoms with Gasteiger partial charge in [0.25, 0.3) is 5.91 Å². The summed E-state index contributed by atoms with van der Waals surface area (Å²) in [5.74, 6) is 0.790. The Kier molecular flexibility index (Phi) is 5.92. The van der Waals surface area contributed by atoms with Gasteiger partial charge in [0.15, 0.2) is 11.5 Å². The van der Waals surface area contributed by atoms with E-state index in [1.807, 2.05) is 62.1 Å². The van der Waals surface area contributed by atoms with Crippen LogP contribution in [0.3, 0.4) is 0 Å². The largest absolute Gasteiger partial charge is 0.508 e. The van der Waals surface area contributed by atoms with Crippen LogP contribution in [0.1, 0.15) is 42.0 Å². The van der Waals surface area contributed by atoms with Crippen LogP contribution in [0.15, 0.2) is 71.4 Å². The van der Waals surface area contributed by atoms with Crippen LogP contribution < -0.4 is 9.64 Å². The third-order valence-corrected chi connectivity index (χ3v) is 5.63. The Morgan fingerprint density at radius 2 is 1.73 bits per heavy atom. The molecule has 0 atom stereocenters. The molecule has 6 nitrogen and oxygen atoms in total. The Labute approximate surface area is 193 Å². The van der Waals surface area contributed by atoms with Gasteiger partial charge < -0.3 is 14.9 Å². The zero-order chi connectivity index (χ0) is 23.7. The highest BCUT2D eigenvalue weighted by Gasteiger charge is 2.33. The Bertz CT molecular complexity index is 1280. The number of carbonyl (C=O) groups is 1. The zero-order valence-electron chi connectivity index (χ0n) is 19.0. The van der Waals surface area contributed by atoms with Crippen molar-refractivity contribution in [3.63, 3.8) is 0 Å². The number of aliphatic imine (C=N–C) groups is 1. The minimum atomic E-state index is -0.375. The maximum absolute atomic E-state index is 13.1. The molecule has 0 saturated carbocycles. The second-order valence-electron chi connectivity index (χ2n) is 8.26. The van der Waals surface area contributed by atoms with Crippen LogP contribution in [-0.2, 0) is 4.79 Å². The number of ether oxygens (including phenoxy) is 1. The molecule has 3 aromatic carbocycles. The van der Waals surface area contributed by atoms with Crippen LogP contribution in [0.4, 0.5) is 5.69 Å². The normalized spacial score (nSPS) is 14.8. The van der Waals surface area contributed by atoms with Crippen LogP contribution >= 0.6 is 0 Å². The molecule has 0 radical (unpaired) electrons. The molecule has 0 bridgehead atoms. The molecule has 0 fully saturated rings. The fraction of sp³-hybridized carbons (Fsp3) is 0.185. The number of methoxy groups -OCH3 is 1. The third kappa shape index (κ3) is 4.20. The highest BCUT2D eigenvalue weighted by Crippen LogP contribution is 2.38. The molecule has 0 saturated heterocycles. The second kappa shape index (κ2) is 8.82. The lowest BCUT2D eigenvalue weighted by molar-refractivity contribution is -0.113. The molecule has 33 heavy (non-hydrogen) atoms. The summed E-state index contributed by atoms with van der Waals surface area (Å²) in [7, 11) is 1.48. The number of benzene rings is 3. The standard InChI is InChI=1S/C27H26N2O4/c1-16(2)20-15-21(17(3)12-24(20)31)29-22(13-18-10-11-23(30)25(14-18)33-4)27(32)28-26(29)19-8-6-5-7-9-19/h5-16,30-31H,1-4H3/b22-13+. The first-order valence-electron chi connectivity index (χ1n) is 10.7. The van der Waals surface area contributed by atoms with Crippen LogP contribution in [0.25, 0.3) is 6.08 Å². The minimum Gasteiger partial charge on any atom is -0.508 e. The summed E-state index contributed by atoms with van der Waals surface area (Å²) in [6, 6.07) is 18.1. The Balaban J connectivity index is 1.92. The molecule has 6 heteroatoms. The maximum Gasteiger partial charge on any atom is 0.296 e. The molecule has 2 N–H and O–H groups in total. The van der Waals surface area contributed by atoms with Crippen molar-refractivity contribution in [3.05, 3.63) is 88.6 Å². The third-order valence-electron chi connectivity index (χ3n) is 5.63. The quantitative estimate of drug-likeness (QED) is 0.519. The van der Waals surface area contributed by atoms with Gasteiger partial charge in [-0.1, -0.05) is 50.2 Å². The molecule has 168 valence electrons. The first-order chi connectivity index (χ1) is 15.8. The Hall–Kier alpha value is -4.06. The van der Waals surface area contributed by atoms with Gasteiger partial charge in [0.05, 0.1) is 12.8 Å². The van der Waals surface area contributed by atoms with Gasteiger partial charge in [0.2, 0.25) is 0 Å². The summed E-state index contributed by atoms with van der Waals surface area (Å²) >= 11 is 0. The molecule has 0 unspecified atom stereocenters. The van der Waals surface area contributed by atoms with E-state index in [-0.39, 0.29) is 23.3 Å². The molecule has 4 rings (SSSR count). The van der Waals surface area contributed by atoms with Gasteiger partial charge in [-0.25, -0.2) is 0 Å². The predicted molar refractivity (Wildman–Crippen MR) is 130 cm³/mol. The van der Waals surface area contributed by atoms with E-state index in [0.717, 1.165) is 22.4 Å². The lowest BCUT2D eigenvalue weighted by Gasteiger charge is -2.25. The van der Waals surface area contributed by atoms with Crippen molar-refractivity contribution in [2.75, 3.05) is 12.0 Å². The highest BCUT2D eigenvalue weighted by molar-refractivity contribution is 6.28.